The molecule has 0 aromatic heterocycles. The molecule has 0 bridgehead atoms. The first-order chi connectivity index (χ1) is 6.97. The lowest BCUT2D eigenvalue weighted by Gasteiger charge is -2.46. The molecule has 0 saturated carbocycles. The summed E-state index contributed by atoms with van der Waals surface area (Å²) in [6.45, 7) is 6.81. The maximum absolute atomic E-state index is 10.9. The molecule has 0 aromatic carbocycles. The largest absolute Gasteiger partial charge is 0.378 e. The molecule has 0 aromatic rings. The summed E-state index contributed by atoms with van der Waals surface area (Å²) in [5, 5.41) is 0. The minimum absolute atomic E-state index is 0.0291. The highest BCUT2D eigenvalue weighted by molar-refractivity contribution is 5.74. The quantitative estimate of drug-likeness (QED) is 0.649. The van der Waals surface area contributed by atoms with Gasteiger partial charge < -0.3 is 16.2 Å². The van der Waals surface area contributed by atoms with Crippen LogP contribution in [0, 0.1) is 0 Å². The SMILES string of the molecule is CC1(C)COCCN1C(CN)CC(N)=O. The van der Waals surface area contributed by atoms with Gasteiger partial charge in [-0.2, -0.15) is 0 Å². The third-order valence-electron chi connectivity index (χ3n) is 2.86. The average Bonchev–Trinajstić information content (AvgIpc) is 2.14. The van der Waals surface area contributed by atoms with Gasteiger partial charge in [-0.1, -0.05) is 0 Å². The number of amides is 1. The summed E-state index contributed by atoms with van der Waals surface area (Å²) in [7, 11) is 0. The highest BCUT2D eigenvalue weighted by Crippen LogP contribution is 2.22. The number of nitrogens with two attached hydrogens (primary N) is 2. The molecule has 5 nitrogen and oxygen atoms in total. The third-order valence-corrected chi connectivity index (χ3v) is 2.86. The standard InChI is InChI=1S/C10H21N3O2/c1-10(2)7-15-4-3-13(10)8(6-11)5-9(12)14/h8H,3-7,11H2,1-2H3,(H2,12,14). The highest BCUT2D eigenvalue weighted by atomic mass is 16.5. The predicted molar refractivity (Wildman–Crippen MR) is 58.3 cm³/mol. The molecule has 4 N–H and O–H groups in total. The zero-order valence-corrected chi connectivity index (χ0v) is 9.53. The second-order valence-electron chi connectivity index (χ2n) is 4.62. The van der Waals surface area contributed by atoms with E-state index >= 15 is 0 Å². The fourth-order valence-electron chi connectivity index (χ4n) is 2.10. The predicted octanol–water partition coefficient (Wildman–Crippen LogP) is -0.700. The summed E-state index contributed by atoms with van der Waals surface area (Å²) in [5.74, 6) is -0.298. The molecule has 0 radical (unpaired) electrons. The minimum atomic E-state index is -0.298. The van der Waals surface area contributed by atoms with Crippen molar-refractivity contribution in [1.29, 1.82) is 0 Å². The lowest BCUT2D eigenvalue weighted by molar-refractivity contribution is -0.121. The summed E-state index contributed by atoms with van der Waals surface area (Å²) in [5.41, 5.74) is 10.8. The minimum Gasteiger partial charge on any atom is -0.378 e. The van der Waals surface area contributed by atoms with E-state index in [1.165, 1.54) is 0 Å². The Hall–Kier alpha value is -0.650. The molecule has 1 aliphatic rings. The van der Waals surface area contributed by atoms with Crippen LogP contribution in [0.5, 0.6) is 0 Å². The Kier molecular flexibility index (Phi) is 4.07. The van der Waals surface area contributed by atoms with Crippen LogP contribution in [0.25, 0.3) is 0 Å². The Morgan fingerprint density at radius 2 is 2.27 bits per heavy atom. The number of morpholine rings is 1. The average molecular weight is 215 g/mol. The molecular formula is C10H21N3O2. The molecule has 1 atom stereocenters. The molecule has 1 aliphatic heterocycles. The molecule has 1 rings (SSSR count). The smallest absolute Gasteiger partial charge is 0.219 e. The molecule has 0 aliphatic carbocycles. The monoisotopic (exact) mass is 215 g/mol. The van der Waals surface area contributed by atoms with Crippen LogP contribution >= 0.6 is 0 Å². The maximum atomic E-state index is 10.9. The zero-order valence-electron chi connectivity index (χ0n) is 9.53. The Morgan fingerprint density at radius 3 is 2.73 bits per heavy atom. The zero-order chi connectivity index (χ0) is 11.5. The van der Waals surface area contributed by atoms with Crippen LogP contribution in [0.3, 0.4) is 0 Å². The van der Waals surface area contributed by atoms with E-state index in [1.54, 1.807) is 0 Å². The molecular weight excluding hydrogens is 194 g/mol. The van der Waals surface area contributed by atoms with Crippen molar-refractivity contribution in [1.82, 2.24) is 4.90 Å². The molecule has 1 unspecified atom stereocenters. The molecule has 1 amide bonds. The van der Waals surface area contributed by atoms with Gasteiger partial charge in [0.1, 0.15) is 0 Å². The maximum Gasteiger partial charge on any atom is 0.219 e. The normalized spacial score (nSPS) is 23.7. The van der Waals surface area contributed by atoms with Gasteiger partial charge in [-0.15, -0.1) is 0 Å². The fourth-order valence-corrected chi connectivity index (χ4v) is 2.10. The van der Waals surface area contributed by atoms with Gasteiger partial charge in [0, 0.05) is 31.1 Å². The highest BCUT2D eigenvalue weighted by Gasteiger charge is 2.35. The fraction of sp³-hybridized carbons (Fsp3) is 0.900. The third kappa shape index (κ3) is 3.15. The number of rotatable bonds is 4. The van der Waals surface area contributed by atoms with E-state index < -0.39 is 0 Å². The molecule has 1 heterocycles. The first-order valence-electron chi connectivity index (χ1n) is 5.30. The van der Waals surface area contributed by atoms with Gasteiger partial charge in [-0.3, -0.25) is 9.69 Å². The van der Waals surface area contributed by atoms with Gasteiger partial charge in [0.05, 0.1) is 13.2 Å². The van der Waals surface area contributed by atoms with E-state index in [0.717, 1.165) is 6.54 Å². The van der Waals surface area contributed by atoms with Crippen molar-refractivity contribution >= 4 is 5.91 Å². The number of carbonyl (C=O) groups excluding carboxylic acids is 1. The van der Waals surface area contributed by atoms with Crippen LogP contribution in [0.2, 0.25) is 0 Å². The molecule has 15 heavy (non-hydrogen) atoms. The van der Waals surface area contributed by atoms with Gasteiger partial charge in [0.25, 0.3) is 0 Å². The van der Waals surface area contributed by atoms with Crippen LogP contribution in [0.4, 0.5) is 0 Å². The Labute approximate surface area is 90.7 Å². The van der Waals surface area contributed by atoms with E-state index in [9.17, 15) is 4.79 Å². The number of carbonyl (C=O) groups is 1. The first-order valence-corrected chi connectivity index (χ1v) is 5.30. The molecule has 5 heteroatoms. The van der Waals surface area contributed by atoms with Gasteiger partial charge in [-0.05, 0) is 13.8 Å². The van der Waals surface area contributed by atoms with Crippen LogP contribution in [-0.2, 0) is 9.53 Å². The summed E-state index contributed by atoms with van der Waals surface area (Å²) in [6, 6.07) is 0.0291. The lowest BCUT2D eigenvalue weighted by atomic mass is 9.98. The van der Waals surface area contributed by atoms with E-state index in [2.05, 4.69) is 18.7 Å². The van der Waals surface area contributed by atoms with Crippen molar-refractivity contribution in [2.75, 3.05) is 26.3 Å². The van der Waals surface area contributed by atoms with Crippen molar-refractivity contribution in [2.24, 2.45) is 11.5 Å². The van der Waals surface area contributed by atoms with Crippen molar-refractivity contribution in [3.63, 3.8) is 0 Å². The van der Waals surface area contributed by atoms with E-state index in [-0.39, 0.29) is 17.5 Å². The second-order valence-corrected chi connectivity index (χ2v) is 4.62. The topological polar surface area (TPSA) is 81.6 Å². The van der Waals surface area contributed by atoms with Crippen molar-refractivity contribution in [3.8, 4) is 0 Å². The number of hydrogen-bond acceptors (Lipinski definition) is 4. The van der Waals surface area contributed by atoms with Crippen LogP contribution < -0.4 is 11.5 Å². The van der Waals surface area contributed by atoms with Crippen molar-refractivity contribution in [3.05, 3.63) is 0 Å². The van der Waals surface area contributed by atoms with Crippen LogP contribution in [-0.4, -0.2) is 48.7 Å². The van der Waals surface area contributed by atoms with Crippen molar-refractivity contribution < 1.29 is 9.53 Å². The van der Waals surface area contributed by atoms with Gasteiger partial charge in [0.2, 0.25) is 5.91 Å². The van der Waals surface area contributed by atoms with Crippen molar-refractivity contribution in [2.45, 2.75) is 31.8 Å². The summed E-state index contributed by atoms with van der Waals surface area (Å²) in [4.78, 5) is 13.2. The van der Waals surface area contributed by atoms with E-state index in [1.807, 2.05) is 0 Å². The van der Waals surface area contributed by atoms with Gasteiger partial charge in [0.15, 0.2) is 0 Å². The Bertz CT molecular complexity index is 231. The second kappa shape index (κ2) is 4.92. The van der Waals surface area contributed by atoms with E-state index in [4.69, 9.17) is 16.2 Å². The molecule has 1 fully saturated rings. The number of primary amides is 1. The summed E-state index contributed by atoms with van der Waals surface area (Å²) < 4.78 is 5.42. The molecule has 0 spiro atoms. The number of nitrogens with zero attached hydrogens (tertiary/aromatic N) is 1. The summed E-state index contributed by atoms with van der Waals surface area (Å²) in [6.07, 6.45) is 0.319. The molecule has 88 valence electrons. The number of ether oxygens (including phenoxy) is 1. The number of hydrogen-bond donors (Lipinski definition) is 2. The van der Waals surface area contributed by atoms with Crippen LogP contribution in [0.15, 0.2) is 0 Å². The lowest BCUT2D eigenvalue weighted by Crippen LogP contribution is -2.59. The van der Waals surface area contributed by atoms with Gasteiger partial charge >= 0.3 is 0 Å². The molecule has 1 saturated heterocycles. The summed E-state index contributed by atoms with van der Waals surface area (Å²) >= 11 is 0. The van der Waals surface area contributed by atoms with E-state index in [0.29, 0.717) is 26.2 Å². The Morgan fingerprint density at radius 1 is 1.60 bits per heavy atom. The van der Waals surface area contributed by atoms with Gasteiger partial charge in [-0.25, -0.2) is 0 Å². The Balaban J connectivity index is 2.68. The first kappa shape index (κ1) is 12.4. The van der Waals surface area contributed by atoms with Crippen LogP contribution in [0.1, 0.15) is 20.3 Å².